The maximum atomic E-state index is 12.1. The highest BCUT2D eigenvalue weighted by molar-refractivity contribution is 5.81. The average Bonchev–Trinajstić information content (AvgIpc) is 2.85. The van der Waals surface area contributed by atoms with Gasteiger partial charge in [0.25, 0.3) is 0 Å². The van der Waals surface area contributed by atoms with Crippen molar-refractivity contribution in [1.82, 2.24) is 9.97 Å². The van der Waals surface area contributed by atoms with E-state index in [-0.39, 0.29) is 53.0 Å². The standard InChI is InChI=1S/C26H32N2O5/c1-11-12-7-8-13-21-17-16(33-21)9-10-24(2,3)18(17)23(30)26(31,32)25(11,13)22-19(12)27-14-5-4-6-15(29)20(14)28-22/h4-6,11-13,16-18,21,23,29-32H,7-10H2,1-3H3/t11-,12-,13?,16+,17?,18?,21?,23+,25+/m1/s1. The van der Waals surface area contributed by atoms with Crippen molar-refractivity contribution in [1.29, 1.82) is 0 Å². The first-order chi connectivity index (χ1) is 15.6. The van der Waals surface area contributed by atoms with E-state index in [1.807, 2.05) is 6.07 Å². The van der Waals surface area contributed by atoms with Crippen molar-refractivity contribution in [2.24, 2.45) is 29.1 Å². The van der Waals surface area contributed by atoms with Gasteiger partial charge in [-0.05, 0) is 49.1 Å². The fourth-order valence-electron chi connectivity index (χ4n) is 9.00. The molecule has 2 aromatic rings. The molecule has 0 amide bonds. The second kappa shape index (κ2) is 6.06. The maximum absolute atomic E-state index is 12.1. The molecule has 1 aromatic heterocycles. The quantitative estimate of drug-likeness (QED) is 0.454. The summed E-state index contributed by atoms with van der Waals surface area (Å²) in [4.78, 5) is 9.81. The number of fused-ring (bicyclic) bond motifs is 5. The van der Waals surface area contributed by atoms with Crippen LogP contribution in [0.15, 0.2) is 18.2 Å². The van der Waals surface area contributed by atoms with E-state index in [4.69, 9.17) is 14.7 Å². The van der Waals surface area contributed by atoms with Crippen molar-refractivity contribution in [3.63, 3.8) is 0 Å². The second-order valence-electron chi connectivity index (χ2n) is 12.0. The van der Waals surface area contributed by atoms with Crippen molar-refractivity contribution in [3.05, 3.63) is 29.6 Å². The van der Waals surface area contributed by atoms with Crippen molar-refractivity contribution < 1.29 is 25.2 Å². The van der Waals surface area contributed by atoms with Crippen molar-refractivity contribution >= 4 is 11.0 Å². The van der Waals surface area contributed by atoms with E-state index >= 15 is 0 Å². The number of phenols is 1. The molecule has 4 unspecified atom stereocenters. The predicted octanol–water partition coefficient (Wildman–Crippen LogP) is 2.59. The molecule has 5 aliphatic rings. The van der Waals surface area contributed by atoms with Gasteiger partial charge in [0.2, 0.25) is 5.79 Å². The number of hydrogen-bond acceptors (Lipinski definition) is 7. The van der Waals surface area contributed by atoms with Gasteiger partial charge in [-0.3, -0.25) is 0 Å². The predicted molar refractivity (Wildman–Crippen MR) is 119 cm³/mol. The molecule has 176 valence electrons. The number of nitrogens with zero attached hydrogens (tertiary/aromatic N) is 2. The third-order valence-corrected chi connectivity index (χ3v) is 10.4. The number of benzene rings is 1. The van der Waals surface area contributed by atoms with Gasteiger partial charge in [-0.25, -0.2) is 9.97 Å². The van der Waals surface area contributed by atoms with Gasteiger partial charge in [-0.1, -0.05) is 26.8 Å². The van der Waals surface area contributed by atoms with Crippen LogP contribution in [0.5, 0.6) is 5.75 Å². The Kier molecular flexibility index (Phi) is 3.77. The minimum absolute atomic E-state index is 0.0189. The van der Waals surface area contributed by atoms with Crippen LogP contribution < -0.4 is 0 Å². The summed E-state index contributed by atoms with van der Waals surface area (Å²) >= 11 is 0. The smallest absolute Gasteiger partial charge is 0.202 e. The highest BCUT2D eigenvalue weighted by Crippen LogP contribution is 2.71. The molecule has 33 heavy (non-hydrogen) atoms. The molecule has 1 spiro atoms. The fraction of sp³-hybridized carbons (Fsp3) is 0.692. The molecule has 1 aromatic carbocycles. The molecule has 1 aliphatic heterocycles. The minimum Gasteiger partial charge on any atom is -0.506 e. The van der Waals surface area contributed by atoms with Gasteiger partial charge in [-0.2, -0.15) is 0 Å². The van der Waals surface area contributed by atoms with Crippen LogP contribution in [0.1, 0.15) is 63.8 Å². The van der Waals surface area contributed by atoms with Gasteiger partial charge in [-0.15, -0.1) is 0 Å². The van der Waals surface area contributed by atoms with E-state index in [1.54, 1.807) is 12.1 Å². The number of aromatic hydroxyl groups is 1. The molecule has 4 N–H and O–H groups in total. The summed E-state index contributed by atoms with van der Waals surface area (Å²) < 4.78 is 6.49. The molecule has 4 fully saturated rings. The summed E-state index contributed by atoms with van der Waals surface area (Å²) in [5.41, 5.74) is 0.834. The normalized spacial score (nSPS) is 46.0. The molecular formula is C26H32N2O5. The number of rotatable bonds is 0. The SMILES string of the molecule is C[C@@H]1[C@H]2CCC3C4O[C@H]5CCC(C)(C)C(C45)[C@H](O)C(O)(O)[C@]31c1nc3c(O)cccc3nc12. The van der Waals surface area contributed by atoms with Crippen LogP contribution in [-0.4, -0.2) is 54.5 Å². The molecule has 3 saturated carbocycles. The van der Waals surface area contributed by atoms with Crippen LogP contribution in [0.2, 0.25) is 0 Å². The number of phenolic OH excluding ortho intramolecular Hbond substituents is 1. The molecule has 2 heterocycles. The van der Waals surface area contributed by atoms with Gasteiger partial charge in [0.05, 0.1) is 34.5 Å². The summed E-state index contributed by atoms with van der Waals surface area (Å²) in [7, 11) is 0. The molecule has 1 saturated heterocycles. The molecule has 9 atom stereocenters. The van der Waals surface area contributed by atoms with Crippen LogP contribution in [0, 0.1) is 29.1 Å². The average molecular weight is 453 g/mol. The molecule has 7 heteroatoms. The summed E-state index contributed by atoms with van der Waals surface area (Å²) in [6.07, 6.45) is 2.05. The van der Waals surface area contributed by atoms with Crippen LogP contribution in [0.3, 0.4) is 0 Å². The number of ether oxygens (including phenoxy) is 1. The molecule has 0 radical (unpaired) electrons. The monoisotopic (exact) mass is 452 g/mol. The van der Waals surface area contributed by atoms with Crippen LogP contribution >= 0.6 is 0 Å². The third kappa shape index (κ3) is 2.13. The summed E-state index contributed by atoms with van der Waals surface area (Å²) in [6.45, 7) is 6.32. The van der Waals surface area contributed by atoms with Gasteiger partial charge >= 0.3 is 0 Å². The van der Waals surface area contributed by atoms with Gasteiger partial charge in [0.15, 0.2) is 0 Å². The largest absolute Gasteiger partial charge is 0.506 e. The van der Waals surface area contributed by atoms with Crippen molar-refractivity contribution in [3.8, 4) is 5.75 Å². The Morgan fingerprint density at radius 3 is 2.67 bits per heavy atom. The number of aliphatic hydroxyl groups is 3. The Morgan fingerprint density at radius 2 is 1.88 bits per heavy atom. The molecule has 4 aliphatic carbocycles. The van der Waals surface area contributed by atoms with E-state index < -0.39 is 17.3 Å². The highest BCUT2D eigenvalue weighted by Gasteiger charge is 2.78. The van der Waals surface area contributed by atoms with Crippen LogP contribution in [0.4, 0.5) is 0 Å². The van der Waals surface area contributed by atoms with Gasteiger partial charge < -0.3 is 25.2 Å². The number of hydrogen-bond donors (Lipinski definition) is 4. The summed E-state index contributed by atoms with van der Waals surface area (Å²) in [5, 5.41) is 46.5. The number of aromatic nitrogens is 2. The van der Waals surface area contributed by atoms with E-state index in [0.29, 0.717) is 16.7 Å². The lowest BCUT2D eigenvalue weighted by atomic mass is 9.54. The Morgan fingerprint density at radius 1 is 1.09 bits per heavy atom. The van der Waals surface area contributed by atoms with Crippen molar-refractivity contribution in [2.75, 3.05) is 0 Å². The third-order valence-electron chi connectivity index (χ3n) is 10.4. The van der Waals surface area contributed by atoms with E-state index in [0.717, 1.165) is 31.4 Å². The first-order valence-electron chi connectivity index (χ1n) is 12.4. The fourth-order valence-corrected chi connectivity index (χ4v) is 9.00. The highest BCUT2D eigenvalue weighted by atomic mass is 16.5. The first-order valence-corrected chi connectivity index (χ1v) is 12.4. The Labute approximate surface area is 192 Å². The molecular weight excluding hydrogens is 420 g/mol. The van der Waals surface area contributed by atoms with Gasteiger partial charge in [0, 0.05) is 23.7 Å². The van der Waals surface area contributed by atoms with E-state index in [1.165, 1.54) is 0 Å². The lowest BCUT2D eigenvalue weighted by molar-refractivity contribution is -0.304. The zero-order valence-electron chi connectivity index (χ0n) is 19.3. The first kappa shape index (κ1) is 20.6. The maximum Gasteiger partial charge on any atom is 0.202 e. The van der Waals surface area contributed by atoms with E-state index in [2.05, 4.69) is 20.8 Å². The Bertz CT molecular complexity index is 1180. The van der Waals surface area contributed by atoms with E-state index in [9.17, 15) is 20.4 Å². The zero-order chi connectivity index (χ0) is 23.1. The minimum atomic E-state index is -2.39. The number of para-hydroxylation sites is 1. The topological polar surface area (TPSA) is 116 Å². The van der Waals surface area contributed by atoms with Crippen molar-refractivity contribution in [2.45, 2.75) is 81.9 Å². The Hall–Kier alpha value is -1.80. The second-order valence-corrected chi connectivity index (χ2v) is 12.0. The Balaban J connectivity index is 1.53. The lowest BCUT2D eigenvalue weighted by Crippen LogP contribution is -2.67. The van der Waals surface area contributed by atoms with Crippen LogP contribution in [0.25, 0.3) is 11.0 Å². The summed E-state index contributed by atoms with van der Waals surface area (Å²) in [6, 6.07) is 5.15. The summed E-state index contributed by atoms with van der Waals surface area (Å²) in [5.74, 6) is -2.89. The van der Waals surface area contributed by atoms with Gasteiger partial charge in [0.1, 0.15) is 17.4 Å². The lowest BCUT2D eigenvalue weighted by Gasteiger charge is -2.59. The molecule has 7 rings (SSSR count). The number of aliphatic hydroxyl groups excluding tert-OH is 1. The zero-order valence-corrected chi connectivity index (χ0v) is 19.3. The molecule has 2 bridgehead atoms. The van der Waals surface area contributed by atoms with Crippen LogP contribution in [-0.2, 0) is 10.2 Å². The molecule has 7 nitrogen and oxygen atoms in total.